The van der Waals surface area contributed by atoms with E-state index < -0.39 is 22.3 Å². The summed E-state index contributed by atoms with van der Waals surface area (Å²) in [5, 5.41) is 21.1. The van der Waals surface area contributed by atoms with Crippen LogP contribution in [0.4, 0.5) is 0 Å². The quantitative estimate of drug-likeness (QED) is 0.679. The monoisotopic (exact) mass is 313 g/mol. The zero-order chi connectivity index (χ0) is 16.1. The van der Waals surface area contributed by atoms with E-state index in [0.717, 1.165) is 19.3 Å². The van der Waals surface area contributed by atoms with E-state index in [4.69, 9.17) is 10.8 Å². The molecular formula is C14H23N3O3S. The van der Waals surface area contributed by atoms with Gasteiger partial charge in [-0.05, 0) is 26.7 Å². The van der Waals surface area contributed by atoms with E-state index in [1.54, 1.807) is 13.8 Å². The molecule has 1 amide bonds. The number of hydrogen-bond acceptors (Lipinski definition) is 5. The summed E-state index contributed by atoms with van der Waals surface area (Å²) in [6, 6.07) is 1.18. The zero-order valence-corrected chi connectivity index (χ0v) is 13.3. The van der Waals surface area contributed by atoms with E-state index in [-0.39, 0.29) is 11.7 Å². The van der Waals surface area contributed by atoms with E-state index in [9.17, 15) is 14.9 Å². The Morgan fingerprint density at radius 2 is 2.00 bits per heavy atom. The van der Waals surface area contributed by atoms with Gasteiger partial charge in [-0.25, -0.2) is 0 Å². The first-order chi connectivity index (χ1) is 9.72. The van der Waals surface area contributed by atoms with E-state index in [0.29, 0.717) is 12.8 Å². The van der Waals surface area contributed by atoms with Crippen LogP contribution in [-0.2, 0) is 9.59 Å². The molecule has 1 fully saturated rings. The number of hydrogen-bond donors (Lipinski definition) is 3. The van der Waals surface area contributed by atoms with Crippen molar-refractivity contribution in [3.63, 3.8) is 0 Å². The Hall–Kier alpha value is -1.26. The normalized spacial score (nSPS) is 19.3. The highest BCUT2D eigenvalue weighted by Crippen LogP contribution is 2.29. The molecule has 1 atom stereocenters. The maximum absolute atomic E-state index is 12.0. The second-order valence-electron chi connectivity index (χ2n) is 6.01. The molecule has 0 spiro atoms. The first-order valence-electron chi connectivity index (χ1n) is 7.07. The van der Waals surface area contributed by atoms with Gasteiger partial charge in [-0.15, -0.1) is 11.8 Å². The number of nitrogens with two attached hydrogens (primary N) is 1. The lowest BCUT2D eigenvalue weighted by Crippen LogP contribution is -2.51. The molecule has 1 aliphatic rings. The number of nitrogens with zero attached hydrogens (tertiary/aromatic N) is 1. The molecule has 1 saturated carbocycles. The average Bonchev–Trinajstić information content (AvgIpc) is 2.45. The van der Waals surface area contributed by atoms with Gasteiger partial charge in [0.05, 0.1) is 11.8 Å². The first kappa shape index (κ1) is 17.8. The third-order valence-corrected chi connectivity index (χ3v) is 5.29. The first-order valence-corrected chi connectivity index (χ1v) is 8.06. The Bertz CT molecular complexity index is 439. The summed E-state index contributed by atoms with van der Waals surface area (Å²) >= 11 is 1.19. The largest absolute Gasteiger partial charge is 0.480 e. The Labute approximate surface area is 129 Å². The molecule has 0 saturated heterocycles. The topological polar surface area (TPSA) is 116 Å². The van der Waals surface area contributed by atoms with Gasteiger partial charge in [0, 0.05) is 4.75 Å². The van der Waals surface area contributed by atoms with Crippen molar-refractivity contribution in [2.75, 3.05) is 5.75 Å². The third-order valence-electron chi connectivity index (χ3n) is 3.89. The van der Waals surface area contributed by atoms with Gasteiger partial charge in [0.25, 0.3) is 0 Å². The summed E-state index contributed by atoms with van der Waals surface area (Å²) in [6.07, 6.45) is 4.33. The molecule has 0 aromatic rings. The van der Waals surface area contributed by atoms with Crippen LogP contribution in [0.25, 0.3) is 0 Å². The second kappa shape index (κ2) is 7.14. The predicted molar refractivity (Wildman–Crippen MR) is 81.7 cm³/mol. The van der Waals surface area contributed by atoms with Crippen LogP contribution < -0.4 is 11.1 Å². The van der Waals surface area contributed by atoms with Crippen LogP contribution in [-0.4, -0.2) is 39.1 Å². The maximum Gasteiger partial charge on any atom is 0.321 e. The van der Waals surface area contributed by atoms with Gasteiger partial charge >= 0.3 is 5.97 Å². The fraction of sp³-hybridized carbons (Fsp3) is 0.786. The van der Waals surface area contributed by atoms with Crippen molar-refractivity contribution >= 4 is 23.6 Å². The summed E-state index contributed by atoms with van der Waals surface area (Å²) in [5.41, 5.74) is 4.86. The van der Waals surface area contributed by atoms with Crippen molar-refractivity contribution in [2.24, 2.45) is 5.73 Å². The summed E-state index contributed by atoms with van der Waals surface area (Å²) in [4.78, 5) is 23.0. The molecule has 7 heteroatoms. The van der Waals surface area contributed by atoms with E-state index in [1.165, 1.54) is 11.8 Å². The second-order valence-corrected chi connectivity index (χ2v) is 7.64. The molecule has 4 N–H and O–H groups in total. The number of carboxylic acid groups (broad SMARTS) is 1. The summed E-state index contributed by atoms with van der Waals surface area (Å²) in [5.74, 6) is -1.24. The molecule has 0 aromatic carbocycles. The molecule has 0 heterocycles. The molecule has 0 aliphatic heterocycles. The van der Waals surface area contributed by atoms with Crippen LogP contribution in [0, 0.1) is 11.3 Å². The molecule has 0 bridgehead atoms. The van der Waals surface area contributed by atoms with Gasteiger partial charge in [0.15, 0.2) is 0 Å². The number of carbonyl (C=O) groups excluding carboxylic acids is 1. The van der Waals surface area contributed by atoms with E-state index in [1.807, 2.05) is 0 Å². The fourth-order valence-electron chi connectivity index (χ4n) is 2.36. The lowest BCUT2D eigenvalue weighted by molar-refractivity contribution is -0.139. The standard InChI is InChI=1S/C14H23N3O3S/c1-13(2,11(16)12(19)20)21-8-10(18)17-14(9-15)6-4-3-5-7-14/h11H,3-8,16H2,1-2H3,(H,17,18)(H,19,20)/t11-/m0/s1. The summed E-state index contributed by atoms with van der Waals surface area (Å²) < 4.78 is -0.754. The van der Waals surface area contributed by atoms with Crippen LogP contribution in [0.1, 0.15) is 46.0 Å². The van der Waals surface area contributed by atoms with Crippen molar-refractivity contribution in [1.29, 1.82) is 5.26 Å². The lowest BCUT2D eigenvalue weighted by Gasteiger charge is -2.32. The molecule has 6 nitrogen and oxygen atoms in total. The minimum absolute atomic E-state index is 0.0947. The van der Waals surface area contributed by atoms with Crippen molar-refractivity contribution in [3.8, 4) is 6.07 Å². The average molecular weight is 313 g/mol. The Morgan fingerprint density at radius 3 is 2.48 bits per heavy atom. The van der Waals surface area contributed by atoms with Crippen LogP contribution in [0.5, 0.6) is 0 Å². The Balaban J connectivity index is 2.54. The molecule has 0 radical (unpaired) electrons. The number of amides is 1. The minimum atomic E-state index is -1.09. The maximum atomic E-state index is 12.0. The van der Waals surface area contributed by atoms with Crippen LogP contribution in [0.3, 0.4) is 0 Å². The Morgan fingerprint density at radius 1 is 1.43 bits per heavy atom. The van der Waals surface area contributed by atoms with Crippen molar-refractivity contribution in [2.45, 2.75) is 62.3 Å². The van der Waals surface area contributed by atoms with Crippen molar-refractivity contribution < 1.29 is 14.7 Å². The van der Waals surface area contributed by atoms with Crippen molar-refractivity contribution in [1.82, 2.24) is 5.32 Å². The Kier molecular flexibility index (Phi) is 6.05. The molecule has 118 valence electrons. The summed E-state index contributed by atoms with van der Waals surface area (Å²) in [7, 11) is 0. The van der Waals surface area contributed by atoms with Crippen LogP contribution in [0.15, 0.2) is 0 Å². The predicted octanol–water partition coefficient (Wildman–Crippen LogP) is 1.25. The van der Waals surface area contributed by atoms with E-state index in [2.05, 4.69) is 11.4 Å². The van der Waals surface area contributed by atoms with Crippen LogP contribution in [0.2, 0.25) is 0 Å². The molecule has 0 aromatic heterocycles. The highest BCUT2D eigenvalue weighted by molar-refractivity contribution is 8.01. The van der Waals surface area contributed by atoms with Gasteiger partial charge in [0.1, 0.15) is 11.6 Å². The van der Waals surface area contributed by atoms with E-state index >= 15 is 0 Å². The number of aliphatic carboxylic acids is 1. The number of carboxylic acids is 1. The molecule has 1 aliphatic carbocycles. The fourth-order valence-corrected chi connectivity index (χ4v) is 3.22. The van der Waals surface area contributed by atoms with Gasteiger partial charge in [-0.3, -0.25) is 9.59 Å². The smallest absolute Gasteiger partial charge is 0.321 e. The van der Waals surface area contributed by atoms with Gasteiger partial charge in [-0.2, -0.15) is 5.26 Å². The SMILES string of the molecule is CC(C)(SCC(=O)NC1(C#N)CCCCC1)[C@@H](N)C(=O)O. The molecule has 0 unspecified atom stereocenters. The van der Waals surface area contributed by atoms with Gasteiger partial charge in [-0.1, -0.05) is 19.3 Å². The number of thioether (sulfide) groups is 1. The third kappa shape index (κ3) is 4.90. The van der Waals surface area contributed by atoms with Crippen LogP contribution >= 0.6 is 11.8 Å². The highest BCUT2D eigenvalue weighted by Gasteiger charge is 2.36. The molecule has 21 heavy (non-hydrogen) atoms. The van der Waals surface area contributed by atoms with Gasteiger partial charge < -0.3 is 16.2 Å². The number of nitriles is 1. The lowest BCUT2D eigenvalue weighted by atomic mass is 9.83. The molecular weight excluding hydrogens is 290 g/mol. The summed E-state index contributed by atoms with van der Waals surface area (Å²) in [6.45, 7) is 3.40. The minimum Gasteiger partial charge on any atom is -0.480 e. The zero-order valence-electron chi connectivity index (χ0n) is 12.5. The number of rotatable bonds is 6. The highest BCUT2D eigenvalue weighted by atomic mass is 32.2. The van der Waals surface area contributed by atoms with Gasteiger partial charge in [0.2, 0.25) is 5.91 Å². The number of carbonyl (C=O) groups is 2. The number of nitrogens with one attached hydrogen (secondary N) is 1. The molecule has 1 rings (SSSR count). The van der Waals surface area contributed by atoms with Crippen molar-refractivity contribution in [3.05, 3.63) is 0 Å².